The summed E-state index contributed by atoms with van der Waals surface area (Å²) < 4.78 is 10.7. The van der Waals surface area contributed by atoms with Gasteiger partial charge in [0, 0.05) is 25.2 Å². The molecule has 1 aromatic heterocycles. The van der Waals surface area contributed by atoms with Crippen molar-refractivity contribution >= 4 is 11.7 Å². The fourth-order valence-corrected chi connectivity index (χ4v) is 3.47. The second kappa shape index (κ2) is 7.15. The lowest BCUT2D eigenvalue weighted by atomic mass is 9.91. The van der Waals surface area contributed by atoms with Crippen LogP contribution < -0.4 is 9.47 Å². The fraction of sp³-hybridized carbons (Fsp3) is 0.350. The number of ketones is 1. The second-order valence-electron chi connectivity index (χ2n) is 6.62. The molecule has 2 aliphatic rings. The highest BCUT2D eigenvalue weighted by Gasteiger charge is 2.29. The van der Waals surface area contributed by atoms with E-state index in [1.165, 1.54) is 0 Å². The number of pyridine rings is 1. The molecule has 1 atom stereocenters. The zero-order valence-electron chi connectivity index (χ0n) is 14.4. The molecule has 1 amide bonds. The van der Waals surface area contributed by atoms with E-state index in [4.69, 9.17) is 9.47 Å². The first kappa shape index (κ1) is 16.6. The van der Waals surface area contributed by atoms with Crippen LogP contribution in [0.5, 0.6) is 11.5 Å². The third kappa shape index (κ3) is 3.40. The molecule has 0 aliphatic carbocycles. The van der Waals surface area contributed by atoms with E-state index < -0.39 is 0 Å². The maximum absolute atomic E-state index is 12.7. The Balaban J connectivity index is 1.41. The molecule has 1 fully saturated rings. The molecule has 6 nitrogen and oxygen atoms in total. The molecule has 0 saturated carbocycles. The number of carbonyl (C=O) groups excluding carboxylic acids is 2. The number of benzene rings is 1. The quantitative estimate of drug-likeness (QED) is 0.791. The smallest absolute Gasteiger partial charge is 0.231 e. The van der Waals surface area contributed by atoms with Crippen molar-refractivity contribution in [1.82, 2.24) is 9.88 Å². The molecule has 0 radical (unpaired) electrons. The summed E-state index contributed by atoms with van der Waals surface area (Å²) in [6, 6.07) is 10.9. The van der Waals surface area contributed by atoms with Crippen molar-refractivity contribution in [3.8, 4) is 11.5 Å². The van der Waals surface area contributed by atoms with Gasteiger partial charge in [0.2, 0.25) is 12.7 Å². The molecule has 6 heteroatoms. The van der Waals surface area contributed by atoms with Gasteiger partial charge in [-0.05, 0) is 42.7 Å². The largest absolute Gasteiger partial charge is 0.454 e. The number of hydrogen-bond donors (Lipinski definition) is 0. The Morgan fingerprint density at radius 2 is 2.04 bits per heavy atom. The lowest BCUT2D eigenvalue weighted by molar-refractivity contribution is -0.131. The first-order valence-corrected chi connectivity index (χ1v) is 8.82. The molecule has 134 valence electrons. The van der Waals surface area contributed by atoms with Crippen LogP contribution in [-0.2, 0) is 11.2 Å². The van der Waals surface area contributed by atoms with Gasteiger partial charge in [-0.1, -0.05) is 12.1 Å². The van der Waals surface area contributed by atoms with Gasteiger partial charge in [-0.25, -0.2) is 0 Å². The van der Waals surface area contributed by atoms with Crippen molar-refractivity contribution < 1.29 is 19.1 Å². The van der Waals surface area contributed by atoms with Gasteiger partial charge < -0.3 is 14.4 Å². The Morgan fingerprint density at radius 3 is 2.88 bits per heavy atom. The summed E-state index contributed by atoms with van der Waals surface area (Å²) in [6.45, 7) is 1.37. The van der Waals surface area contributed by atoms with Crippen molar-refractivity contribution in [2.45, 2.75) is 19.3 Å². The van der Waals surface area contributed by atoms with Crippen LogP contribution in [0, 0.1) is 5.92 Å². The summed E-state index contributed by atoms with van der Waals surface area (Å²) >= 11 is 0. The number of piperidine rings is 1. The van der Waals surface area contributed by atoms with Gasteiger partial charge >= 0.3 is 0 Å². The van der Waals surface area contributed by atoms with E-state index in [1.54, 1.807) is 23.2 Å². The van der Waals surface area contributed by atoms with E-state index in [9.17, 15) is 9.59 Å². The van der Waals surface area contributed by atoms with E-state index in [0.29, 0.717) is 36.7 Å². The molecule has 3 heterocycles. The number of nitrogens with zero attached hydrogens (tertiary/aromatic N) is 2. The number of rotatable bonds is 4. The van der Waals surface area contributed by atoms with Gasteiger partial charge in [-0.2, -0.15) is 0 Å². The Bertz CT molecular complexity index is 822. The molecular formula is C20H20N2O4. The minimum Gasteiger partial charge on any atom is -0.454 e. The summed E-state index contributed by atoms with van der Waals surface area (Å²) in [6.07, 6.45) is 3.54. The minimum atomic E-state index is -0.181. The Kier molecular flexibility index (Phi) is 4.56. The number of carbonyl (C=O) groups is 2. The minimum absolute atomic E-state index is 0.0196. The first-order valence-electron chi connectivity index (χ1n) is 8.82. The van der Waals surface area contributed by atoms with Gasteiger partial charge in [-0.3, -0.25) is 14.6 Å². The zero-order chi connectivity index (χ0) is 17.9. The van der Waals surface area contributed by atoms with E-state index in [-0.39, 0.29) is 24.4 Å². The predicted octanol–water partition coefficient (Wildman–Crippen LogP) is 2.47. The van der Waals surface area contributed by atoms with Crippen LogP contribution in [0.15, 0.2) is 42.6 Å². The summed E-state index contributed by atoms with van der Waals surface area (Å²) in [5, 5.41) is 0. The zero-order valence-corrected chi connectivity index (χ0v) is 14.4. The number of amides is 1. The molecule has 0 N–H and O–H groups in total. The lowest BCUT2D eigenvalue weighted by Crippen LogP contribution is -2.43. The van der Waals surface area contributed by atoms with Crippen molar-refractivity contribution in [1.29, 1.82) is 0 Å². The number of likely N-dealkylation sites (tertiary alicyclic amines) is 1. The van der Waals surface area contributed by atoms with Gasteiger partial charge in [-0.15, -0.1) is 0 Å². The maximum Gasteiger partial charge on any atom is 0.231 e. The number of ether oxygens (including phenoxy) is 2. The fourth-order valence-electron chi connectivity index (χ4n) is 3.47. The van der Waals surface area contributed by atoms with Crippen LogP contribution in [0.25, 0.3) is 0 Å². The third-order valence-corrected chi connectivity index (χ3v) is 4.85. The van der Waals surface area contributed by atoms with Crippen LogP contribution in [0.2, 0.25) is 0 Å². The van der Waals surface area contributed by atoms with E-state index in [1.807, 2.05) is 24.3 Å². The van der Waals surface area contributed by atoms with Crippen molar-refractivity contribution in [3.63, 3.8) is 0 Å². The number of aromatic nitrogens is 1. The molecular weight excluding hydrogens is 332 g/mol. The van der Waals surface area contributed by atoms with Crippen LogP contribution in [0.4, 0.5) is 0 Å². The predicted molar refractivity (Wildman–Crippen MR) is 94.1 cm³/mol. The van der Waals surface area contributed by atoms with Gasteiger partial charge in [0.1, 0.15) is 5.69 Å². The van der Waals surface area contributed by atoms with Crippen LogP contribution in [-0.4, -0.2) is 41.5 Å². The maximum atomic E-state index is 12.7. The Labute approximate surface area is 151 Å². The first-order chi connectivity index (χ1) is 12.7. The molecule has 2 aromatic rings. The second-order valence-corrected chi connectivity index (χ2v) is 6.62. The van der Waals surface area contributed by atoms with Crippen molar-refractivity contribution in [3.05, 3.63) is 53.9 Å². The number of hydrogen-bond acceptors (Lipinski definition) is 5. The summed E-state index contributed by atoms with van der Waals surface area (Å²) in [4.78, 5) is 31.3. The molecule has 0 unspecified atom stereocenters. The topological polar surface area (TPSA) is 68.7 Å². The highest BCUT2D eigenvalue weighted by molar-refractivity contribution is 5.96. The highest BCUT2D eigenvalue weighted by atomic mass is 16.7. The molecule has 26 heavy (non-hydrogen) atoms. The molecule has 0 bridgehead atoms. The van der Waals surface area contributed by atoms with Gasteiger partial charge in [0.05, 0.1) is 6.42 Å². The third-order valence-electron chi connectivity index (χ3n) is 4.85. The van der Waals surface area contributed by atoms with E-state index in [2.05, 4.69) is 4.98 Å². The van der Waals surface area contributed by atoms with Crippen LogP contribution in [0.3, 0.4) is 0 Å². The number of fused-ring (bicyclic) bond motifs is 1. The molecule has 0 spiro atoms. The molecule has 1 aromatic carbocycles. The summed E-state index contributed by atoms with van der Waals surface area (Å²) in [5.41, 5.74) is 1.36. The highest BCUT2D eigenvalue weighted by Crippen LogP contribution is 2.32. The monoisotopic (exact) mass is 352 g/mol. The SMILES string of the molecule is O=C(c1ccccn1)[C@@H]1CCCN(C(=O)Cc2ccc3c(c2)OCO3)C1. The normalized spacial score (nSPS) is 18.6. The Hall–Kier alpha value is -2.89. The van der Waals surface area contributed by atoms with E-state index >= 15 is 0 Å². The summed E-state index contributed by atoms with van der Waals surface area (Å²) in [5.74, 6) is 1.25. The van der Waals surface area contributed by atoms with Crippen molar-refractivity contribution in [2.24, 2.45) is 5.92 Å². The molecule has 2 aliphatic heterocycles. The summed E-state index contributed by atoms with van der Waals surface area (Å²) in [7, 11) is 0. The average molecular weight is 352 g/mol. The van der Waals surface area contributed by atoms with E-state index in [0.717, 1.165) is 18.4 Å². The van der Waals surface area contributed by atoms with Crippen LogP contribution in [0.1, 0.15) is 28.9 Å². The standard InChI is InChI=1S/C20H20N2O4/c23-19(11-14-6-7-17-18(10-14)26-13-25-17)22-9-3-4-15(12-22)20(24)16-5-1-2-8-21-16/h1-2,5-8,10,15H,3-4,9,11-13H2/t15-/m1/s1. The molecule has 1 saturated heterocycles. The average Bonchev–Trinajstić information content (AvgIpc) is 3.16. The van der Waals surface area contributed by atoms with Gasteiger partial charge in [0.25, 0.3) is 0 Å². The Morgan fingerprint density at radius 1 is 1.15 bits per heavy atom. The lowest BCUT2D eigenvalue weighted by Gasteiger charge is -2.32. The molecule has 4 rings (SSSR count). The van der Waals surface area contributed by atoms with Gasteiger partial charge in [0.15, 0.2) is 17.3 Å². The van der Waals surface area contributed by atoms with Crippen molar-refractivity contribution in [2.75, 3.05) is 19.9 Å². The van der Waals surface area contributed by atoms with Crippen LogP contribution >= 0.6 is 0 Å². The number of Topliss-reactive ketones (excluding diaryl/α,β-unsaturated/α-hetero) is 1.